The first-order chi connectivity index (χ1) is 13.6. The molecule has 12 heteroatoms. The Bertz CT molecular complexity index is 1080. The van der Waals surface area contributed by atoms with Crippen LogP contribution in [-0.2, 0) is 6.18 Å². The molecular formula is C17H8Cl2F3N3O4. The van der Waals surface area contributed by atoms with Crippen LogP contribution in [-0.4, -0.2) is 16.0 Å². The Morgan fingerprint density at radius 2 is 1.69 bits per heavy atom. The Morgan fingerprint density at radius 3 is 2.21 bits per heavy atom. The van der Waals surface area contributed by atoms with Crippen LogP contribution in [0.1, 0.15) is 16.1 Å². The number of nitro groups is 1. The van der Waals surface area contributed by atoms with Gasteiger partial charge in [-0.25, -0.2) is 0 Å². The number of anilines is 1. The number of halogens is 5. The van der Waals surface area contributed by atoms with Gasteiger partial charge in [0.1, 0.15) is 5.69 Å². The SMILES string of the molecule is O=C(Nc1c(Cl)cc([N+](=O)[O-])cc1Cl)c1cc(-c2ccc(C(F)(F)F)cc2)no1. The number of nitrogens with one attached hydrogen (secondary N) is 1. The highest BCUT2D eigenvalue weighted by atomic mass is 35.5. The fraction of sp³-hybridized carbons (Fsp3) is 0.0588. The number of carbonyl (C=O) groups is 1. The minimum Gasteiger partial charge on any atom is -0.350 e. The highest BCUT2D eigenvalue weighted by Crippen LogP contribution is 2.35. The molecule has 0 unspecified atom stereocenters. The van der Waals surface area contributed by atoms with Crippen LogP contribution in [0.5, 0.6) is 0 Å². The molecule has 1 amide bonds. The van der Waals surface area contributed by atoms with E-state index < -0.39 is 22.6 Å². The van der Waals surface area contributed by atoms with Crippen molar-refractivity contribution in [1.82, 2.24) is 5.16 Å². The fourth-order valence-electron chi connectivity index (χ4n) is 2.31. The molecule has 150 valence electrons. The number of benzene rings is 2. The van der Waals surface area contributed by atoms with Crippen molar-refractivity contribution < 1.29 is 27.4 Å². The van der Waals surface area contributed by atoms with Gasteiger partial charge < -0.3 is 9.84 Å². The molecule has 1 heterocycles. The van der Waals surface area contributed by atoms with E-state index in [1.165, 1.54) is 18.2 Å². The number of hydrogen-bond acceptors (Lipinski definition) is 5. The van der Waals surface area contributed by atoms with Crippen molar-refractivity contribution in [3.63, 3.8) is 0 Å². The third-order valence-electron chi connectivity index (χ3n) is 3.72. The van der Waals surface area contributed by atoms with E-state index in [1.54, 1.807) is 0 Å². The summed E-state index contributed by atoms with van der Waals surface area (Å²) < 4.78 is 42.8. The quantitative estimate of drug-likeness (QED) is 0.402. The minimum atomic E-state index is -4.48. The summed E-state index contributed by atoms with van der Waals surface area (Å²) in [6.07, 6.45) is -4.48. The summed E-state index contributed by atoms with van der Waals surface area (Å²) in [6, 6.07) is 7.36. The number of hydrogen-bond donors (Lipinski definition) is 1. The molecule has 0 spiro atoms. The fourth-order valence-corrected chi connectivity index (χ4v) is 2.88. The second-order valence-electron chi connectivity index (χ2n) is 5.65. The Hall–Kier alpha value is -3.11. The van der Waals surface area contributed by atoms with Crippen molar-refractivity contribution in [3.05, 3.63) is 73.9 Å². The van der Waals surface area contributed by atoms with E-state index in [0.29, 0.717) is 5.56 Å². The molecule has 1 aromatic heterocycles. The molecule has 0 saturated heterocycles. The molecule has 29 heavy (non-hydrogen) atoms. The first-order valence-corrected chi connectivity index (χ1v) is 8.41. The number of carbonyl (C=O) groups excluding carboxylic acids is 1. The summed E-state index contributed by atoms with van der Waals surface area (Å²) in [7, 11) is 0. The van der Waals surface area contributed by atoms with Gasteiger partial charge >= 0.3 is 6.18 Å². The van der Waals surface area contributed by atoms with Gasteiger partial charge in [-0.3, -0.25) is 14.9 Å². The van der Waals surface area contributed by atoms with Crippen molar-refractivity contribution in [2.45, 2.75) is 6.18 Å². The molecule has 7 nitrogen and oxygen atoms in total. The number of amides is 1. The van der Waals surface area contributed by atoms with Crippen LogP contribution in [0, 0.1) is 10.1 Å². The predicted octanol–water partition coefficient (Wildman–Crippen LogP) is 5.83. The highest BCUT2D eigenvalue weighted by molar-refractivity contribution is 6.40. The topological polar surface area (TPSA) is 98.3 Å². The third kappa shape index (κ3) is 4.49. The van der Waals surface area contributed by atoms with E-state index in [9.17, 15) is 28.1 Å². The number of nitrogens with zero attached hydrogens (tertiary/aromatic N) is 2. The zero-order chi connectivity index (χ0) is 21.3. The molecule has 0 aliphatic carbocycles. The summed E-state index contributed by atoms with van der Waals surface area (Å²) in [5.41, 5.74) is -0.833. The molecule has 0 radical (unpaired) electrons. The molecule has 0 aliphatic heterocycles. The average molecular weight is 446 g/mol. The second-order valence-corrected chi connectivity index (χ2v) is 6.46. The lowest BCUT2D eigenvalue weighted by Gasteiger charge is -2.07. The Balaban J connectivity index is 1.81. The maximum absolute atomic E-state index is 12.6. The smallest absolute Gasteiger partial charge is 0.350 e. The Morgan fingerprint density at radius 1 is 1.10 bits per heavy atom. The standard InChI is InChI=1S/C17H8Cl2F3N3O4/c18-11-5-10(25(27)28)6-12(19)15(11)23-16(26)14-7-13(24-29-14)8-1-3-9(4-2-8)17(20,21)22/h1-7H,(H,23,26). The van der Waals surface area contributed by atoms with Gasteiger partial charge in [-0.2, -0.15) is 13.2 Å². The normalized spacial score (nSPS) is 11.3. The molecule has 0 aliphatic rings. The van der Waals surface area contributed by atoms with Gasteiger partial charge in [-0.15, -0.1) is 0 Å². The highest BCUT2D eigenvalue weighted by Gasteiger charge is 2.30. The van der Waals surface area contributed by atoms with E-state index in [1.807, 2.05) is 0 Å². The summed E-state index contributed by atoms with van der Waals surface area (Å²) >= 11 is 11.8. The monoisotopic (exact) mass is 445 g/mol. The molecule has 0 bridgehead atoms. The van der Waals surface area contributed by atoms with Crippen LogP contribution in [0.15, 0.2) is 47.0 Å². The van der Waals surface area contributed by atoms with Gasteiger partial charge in [0.25, 0.3) is 11.6 Å². The lowest BCUT2D eigenvalue weighted by atomic mass is 10.1. The maximum Gasteiger partial charge on any atom is 0.416 e. The van der Waals surface area contributed by atoms with Gasteiger partial charge in [0, 0.05) is 23.8 Å². The number of rotatable bonds is 4. The zero-order valence-corrected chi connectivity index (χ0v) is 15.5. The molecule has 3 aromatic rings. The first kappa shape index (κ1) is 20.6. The predicted molar refractivity (Wildman–Crippen MR) is 98.0 cm³/mol. The molecule has 0 saturated carbocycles. The minimum absolute atomic E-state index is 0.0728. The van der Waals surface area contributed by atoms with E-state index in [4.69, 9.17) is 27.7 Å². The summed E-state index contributed by atoms with van der Waals surface area (Å²) in [5.74, 6) is -1.08. The molecular weight excluding hydrogens is 438 g/mol. The Kier molecular flexibility index (Phi) is 5.49. The van der Waals surface area contributed by atoms with E-state index in [2.05, 4.69) is 10.5 Å². The van der Waals surface area contributed by atoms with Gasteiger partial charge in [0.05, 0.1) is 26.2 Å². The van der Waals surface area contributed by atoms with Crippen LogP contribution in [0.2, 0.25) is 10.0 Å². The van der Waals surface area contributed by atoms with Crippen LogP contribution >= 0.6 is 23.2 Å². The van der Waals surface area contributed by atoms with Gasteiger partial charge in [-0.05, 0) is 12.1 Å². The molecule has 2 aromatic carbocycles. The van der Waals surface area contributed by atoms with E-state index in [0.717, 1.165) is 24.3 Å². The summed E-state index contributed by atoms with van der Waals surface area (Å²) in [6.45, 7) is 0. The summed E-state index contributed by atoms with van der Waals surface area (Å²) in [4.78, 5) is 22.4. The van der Waals surface area contributed by atoms with Crippen LogP contribution in [0.3, 0.4) is 0 Å². The zero-order valence-electron chi connectivity index (χ0n) is 14.0. The Labute approximate surface area is 170 Å². The third-order valence-corrected chi connectivity index (χ3v) is 4.31. The van der Waals surface area contributed by atoms with Crippen molar-refractivity contribution >= 4 is 40.5 Å². The van der Waals surface area contributed by atoms with Crippen molar-refractivity contribution in [2.75, 3.05) is 5.32 Å². The molecule has 3 rings (SSSR count). The van der Waals surface area contributed by atoms with Crippen LogP contribution < -0.4 is 5.32 Å². The number of aromatic nitrogens is 1. The largest absolute Gasteiger partial charge is 0.416 e. The second kappa shape index (κ2) is 7.72. The number of nitro benzene ring substituents is 1. The van der Waals surface area contributed by atoms with E-state index >= 15 is 0 Å². The summed E-state index contributed by atoms with van der Waals surface area (Å²) in [5, 5.41) is 16.5. The first-order valence-electron chi connectivity index (χ1n) is 7.65. The van der Waals surface area contributed by atoms with E-state index in [-0.39, 0.29) is 32.9 Å². The molecule has 0 fully saturated rings. The van der Waals surface area contributed by atoms with Crippen molar-refractivity contribution in [1.29, 1.82) is 0 Å². The van der Waals surface area contributed by atoms with Crippen LogP contribution in [0.4, 0.5) is 24.5 Å². The van der Waals surface area contributed by atoms with Gasteiger partial charge in [0.15, 0.2) is 0 Å². The van der Waals surface area contributed by atoms with Gasteiger partial charge in [-0.1, -0.05) is 40.5 Å². The van der Waals surface area contributed by atoms with Crippen LogP contribution in [0.25, 0.3) is 11.3 Å². The molecule has 1 N–H and O–H groups in total. The average Bonchev–Trinajstić information content (AvgIpc) is 3.14. The number of alkyl halides is 3. The molecule has 0 atom stereocenters. The maximum atomic E-state index is 12.6. The number of non-ortho nitro benzene ring substituents is 1. The van der Waals surface area contributed by atoms with Crippen molar-refractivity contribution in [2.24, 2.45) is 0 Å². The lowest BCUT2D eigenvalue weighted by molar-refractivity contribution is -0.384. The lowest BCUT2D eigenvalue weighted by Crippen LogP contribution is -2.12. The van der Waals surface area contributed by atoms with Crippen molar-refractivity contribution in [3.8, 4) is 11.3 Å². The van der Waals surface area contributed by atoms with Gasteiger partial charge in [0.2, 0.25) is 5.76 Å².